The van der Waals surface area contributed by atoms with Crippen molar-refractivity contribution in [2.45, 2.75) is 52.8 Å². The number of aliphatic hydroxyl groups is 1. The largest absolute Gasteiger partial charge is 0.388 e. The van der Waals surface area contributed by atoms with E-state index >= 15 is 0 Å². The van der Waals surface area contributed by atoms with Gasteiger partial charge in [0.15, 0.2) is 0 Å². The summed E-state index contributed by atoms with van der Waals surface area (Å²) >= 11 is 0. The lowest BCUT2D eigenvalue weighted by molar-refractivity contribution is 0.0339. The second kappa shape index (κ2) is 6.12. The highest BCUT2D eigenvalue weighted by Gasteiger charge is 2.18. The third-order valence-electron chi connectivity index (χ3n) is 2.71. The summed E-state index contributed by atoms with van der Waals surface area (Å²) in [5, 5.41) is 21.3. The lowest BCUT2D eigenvalue weighted by Gasteiger charge is -2.20. The van der Waals surface area contributed by atoms with Crippen molar-refractivity contribution in [2.24, 2.45) is 5.92 Å². The van der Waals surface area contributed by atoms with E-state index in [0.29, 0.717) is 18.9 Å². The molecule has 0 aliphatic rings. The minimum atomic E-state index is -0.712. The Morgan fingerprint density at radius 2 is 2.24 bits per heavy atom. The SMILES string of the molecule is CCC(C)(O)Cn1cc(CNCC(C)C)nn1. The van der Waals surface area contributed by atoms with Crippen LogP contribution in [0, 0.1) is 5.92 Å². The Hall–Kier alpha value is -0.940. The van der Waals surface area contributed by atoms with Gasteiger partial charge in [-0.05, 0) is 25.8 Å². The van der Waals surface area contributed by atoms with Gasteiger partial charge < -0.3 is 10.4 Å². The molecular formula is C12H24N4O. The van der Waals surface area contributed by atoms with Crippen molar-refractivity contribution in [1.82, 2.24) is 20.3 Å². The number of nitrogens with one attached hydrogen (secondary N) is 1. The van der Waals surface area contributed by atoms with Gasteiger partial charge in [0.1, 0.15) is 0 Å². The normalized spacial score (nSPS) is 15.2. The van der Waals surface area contributed by atoms with Crippen LogP contribution >= 0.6 is 0 Å². The van der Waals surface area contributed by atoms with Crippen LogP contribution in [0.1, 0.15) is 39.8 Å². The third kappa shape index (κ3) is 5.28. The van der Waals surface area contributed by atoms with Gasteiger partial charge in [0.2, 0.25) is 0 Å². The van der Waals surface area contributed by atoms with E-state index in [4.69, 9.17) is 0 Å². The lowest BCUT2D eigenvalue weighted by Crippen LogP contribution is -2.29. The summed E-state index contributed by atoms with van der Waals surface area (Å²) in [5.74, 6) is 0.630. The first-order valence-electron chi connectivity index (χ1n) is 6.25. The molecule has 0 saturated carbocycles. The monoisotopic (exact) mass is 240 g/mol. The zero-order chi connectivity index (χ0) is 12.9. The molecule has 98 valence electrons. The fraction of sp³-hybridized carbons (Fsp3) is 0.833. The topological polar surface area (TPSA) is 63.0 Å². The Morgan fingerprint density at radius 1 is 1.53 bits per heavy atom. The van der Waals surface area contributed by atoms with Gasteiger partial charge in [0.25, 0.3) is 0 Å². The minimum Gasteiger partial charge on any atom is -0.388 e. The molecule has 0 saturated heterocycles. The predicted molar refractivity (Wildman–Crippen MR) is 67.5 cm³/mol. The van der Waals surface area contributed by atoms with Crippen molar-refractivity contribution in [2.75, 3.05) is 6.54 Å². The standard InChI is InChI=1S/C12H24N4O/c1-5-12(4,17)9-16-8-11(14-15-16)7-13-6-10(2)3/h8,10,13,17H,5-7,9H2,1-4H3. The molecule has 1 unspecified atom stereocenters. The maximum atomic E-state index is 9.93. The summed E-state index contributed by atoms with van der Waals surface area (Å²) in [6.07, 6.45) is 2.59. The van der Waals surface area contributed by atoms with Crippen LogP contribution in [0.25, 0.3) is 0 Å². The van der Waals surface area contributed by atoms with E-state index in [0.717, 1.165) is 18.8 Å². The van der Waals surface area contributed by atoms with E-state index in [-0.39, 0.29) is 0 Å². The first-order chi connectivity index (χ1) is 7.93. The predicted octanol–water partition coefficient (Wildman–Crippen LogP) is 1.18. The molecule has 1 rings (SSSR count). The molecule has 1 atom stereocenters. The van der Waals surface area contributed by atoms with E-state index in [1.54, 1.807) is 4.68 Å². The summed E-state index contributed by atoms with van der Waals surface area (Å²) < 4.78 is 1.70. The molecular weight excluding hydrogens is 216 g/mol. The van der Waals surface area contributed by atoms with Crippen LogP contribution in [-0.4, -0.2) is 32.2 Å². The van der Waals surface area contributed by atoms with Gasteiger partial charge in [0, 0.05) is 12.7 Å². The number of nitrogens with zero attached hydrogens (tertiary/aromatic N) is 3. The number of rotatable bonds is 7. The van der Waals surface area contributed by atoms with Crippen molar-refractivity contribution < 1.29 is 5.11 Å². The highest BCUT2D eigenvalue weighted by atomic mass is 16.3. The average molecular weight is 240 g/mol. The summed E-state index contributed by atoms with van der Waals surface area (Å²) in [6.45, 7) is 10.3. The molecule has 1 aromatic heterocycles. The van der Waals surface area contributed by atoms with Crippen LogP contribution in [0.5, 0.6) is 0 Å². The molecule has 2 N–H and O–H groups in total. The molecule has 0 aliphatic carbocycles. The van der Waals surface area contributed by atoms with E-state index in [9.17, 15) is 5.11 Å². The third-order valence-corrected chi connectivity index (χ3v) is 2.71. The number of aromatic nitrogens is 3. The van der Waals surface area contributed by atoms with Gasteiger partial charge in [-0.1, -0.05) is 26.0 Å². The van der Waals surface area contributed by atoms with Crippen LogP contribution in [0.2, 0.25) is 0 Å². The highest BCUT2D eigenvalue weighted by Crippen LogP contribution is 2.10. The molecule has 0 amide bonds. The van der Waals surface area contributed by atoms with Crippen molar-refractivity contribution in [3.63, 3.8) is 0 Å². The van der Waals surface area contributed by atoms with Gasteiger partial charge in [-0.3, -0.25) is 0 Å². The van der Waals surface area contributed by atoms with Gasteiger partial charge >= 0.3 is 0 Å². The molecule has 0 spiro atoms. The first-order valence-corrected chi connectivity index (χ1v) is 6.25. The molecule has 17 heavy (non-hydrogen) atoms. The van der Waals surface area contributed by atoms with Crippen LogP contribution < -0.4 is 5.32 Å². The van der Waals surface area contributed by atoms with Crippen molar-refractivity contribution >= 4 is 0 Å². The second-order valence-electron chi connectivity index (χ2n) is 5.28. The Balaban J connectivity index is 2.43. The first kappa shape index (κ1) is 14.1. The quantitative estimate of drug-likeness (QED) is 0.751. The molecule has 1 heterocycles. The van der Waals surface area contributed by atoms with Gasteiger partial charge in [-0.25, -0.2) is 4.68 Å². The fourth-order valence-electron chi connectivity index (χ4n) is 1.45. The van der Waals surface area contributed by atoms with Gasteiger partial charge in [-0.15, -0.1) is 5.10 Å². The number of hydrogen-bond donors (Lipinski definition) is 2. The fourth-order valence-corrected chi connectivity index (χ4v) is 1.45. The van der Waals surface area contributed by atoms with Crippen molar-refractivity contribution in [3.05, 3.63) is 11.9 Å². The lowest BCUT2D eigenvalue weighted by atomic mass is 10.0. The summed E-state index contributed by atoms with van der Waals surface area (Å²) in [5.41, 5.74) is 0.202. The van der Waals surface area contributed by atoms with Gasteiger partial charge in [-0.2, -0.15) is 0 Å². The Morgan fingerprint density at radius 3 is 2.82 bits per heavy atom. The van der Waals surface area contributed by atoms with E-state index in [1.165, 1.54) is 0 Å². The van der Waals surface area contributed by atoms with E-state index in [1.807, 2.05) is 20.0 Å². The number of hydrogen-bond acceptors (Lipinski definition) is 4. The van der Waals surface area contributed by atoms with Crippen LogP contribution in [0.4, 0.5) is 0 Å². The van der Waals surface area contributed by atoms with Crippen molar-refractivity contribution in [1.29, 1.82) is 0 Å². The van der Waals surface area contributed by atoms with Crippen LogP contribution in [0.15, 0.2) is 6.20 Å². The average Bonchev–Trinajstić information content (AvgIpc) is 2.64. The van der Waals surface area contributed by atoms with Crippen molar-refractivity contribution in [3.8, 4) is 0 Å². The molecule has 0 fully saturated rings. The zero-order valence-corrected chi connectivity index (χ0v) is 11.3. The smallest absolute Gasteiger partial charge is 0.0964 e. The molecule has 5 nitrogen and oxygen atoms in total. The summed E-state index contributed by atoms with van der Waals surface area (Å²) in [4.78, 5) is 0. The molecule has 5 heteroatoms. The minimum absolute atomic E-state index is 0.487. The van der Waals surface area contributed by atoms with E-state index < -0.39 is 5.60 Å². The molecule has 0 aliphatic heterocycles. The van der Waals surface area contributed by atoms with E-state index in [2.05, 4.69) is 29.5 Å². The zero-order valence-electron chi connectivity index (χ0n) is 11.3. The highest BCUT2D eigenvalue weighted by molar-refractivity contribution is 4.92. The Bertz CT molecular complexity index is 333. The molecule has 0 radical (unpaired) electrons. The maximum Gasteiger partial charge on any atom is 0.0964 e. The Labute approximate surface area is 103 Å². The summed E-state index contributed by atoms with van der Waals surface area (Å²) in [6, 6.07) is 0. The summed E-state index contributed by atoms with van der Waals surface area (Å²) in [7, 11) is 0. The van der Waals surface area contributed by atoms with Crippen LogP contribution in [-0.2, 0) is 13.1 Å². The molecule has 0 bridgehead atoms. The molecule has 1 aromatic rings. The second-order valence-corrected chi connectivity index (χ2v) is 5.28. The van der Waals surface area contributed by atoms with Crippen LogP contribution in [0.3, 0.4) is 0 Å². The van der Waals surface area contributed by atoms with Gasteiger partial charge in [0.05, 0.1) is 17.8 Å². The Kier molecular flexibility index (Phi) is 5.08. The molecule has 0 aromatic carbocycles. The maximum absolute atomic E-state index is 9.93.